The third-order valence-corrected chi connectivity index (χ3v) is 2.48. The minimum atomic E-state index is -0.203. The van der Waals surface area contributed by atoms with Gasteiger partial charge in [0.15, 0.2) is 0 Å². The summed E-state index contributed by atoms with van der Waals surface area (Å²) < 4.78 is 5.10. The molecule has 0 spiro atoms. The second-order valence-corrected chi connectivity index (χ2v) is 3.51. The van der Waals surface area contributed by atoms with E-state index in [2.05, 4.69) is 0 Å². The number of nitrogens with zero attached hydrogens (tertiary/aromatic N) is 1. The number of carbonyl (C=O) groups is 1. The van der Waals surface area contributed by atoms with E-state index in [-0.39, 0.29) is 5.91 Å². The van der Waals surface area contributed by atoms with E-state index < -0.39 is 0 Å². The largest absolute Gasteiger partial charge is 0.515 e. The number of rotatable bonds is 2. The highest BCUT2D eigenvalue weighted by atomic mass is 16.5. The van der Waals surface area contributed by atoms with Crippen molar-refractivity contribution in [3.05, 3.63) is 42.2 Å². The summed E-state index contributed by atoms with van der Waals surface area (Å²) in [6.07, 6.45) is 0.857. The summed E-state index contributed by atoms with van der Waals surface area (Å²) in [6, 6.07) is 9.09. The van der Waals surface area contributed by atoms with Gasteiger partial charge in [-0.25, -0.2) is 0 Å². The third kappa shape index (κ3) is 2.06. The Kier molecular flexibility index (Phi) is 3.22. The van der Waals surface area contributed by atoms with Gasteiger partial charge in [-0.15, -0.1) is 0 Å². The standard InChI is InChI=1S/C12H13NO3/c14-8-11(10-4-2-1-3-5-10)12(15)13-6-7-16-9-13/h1-5,8,14H,6-7,9H2/b11-8-. The van der Waals surface area contributed by atoms with Crippen molar-refractivity contribution in [3.8, 4) is 0 Å². The molecule has 0 aromatic heterocycles. The minimum absolute atomic E-state index is 0.203. The third-order valence-electron chi connectivity index (χ3n) is 2.48. The molecule has 1 heterocycles. The zero-order valence-corrected chi connectivity index (χ0v) is 8.80. The highest BCUT2D eigenvalue weighted by Crippen LogP contribution is 2.17. The van der Waals surface area contributed by atoms with Crippen molar-refractivity contribution >= 4 is 11.5 Å². The monoisotopic (exact) mass is 219 g/mol. The molecular formula is C12H13NO3. The van der Waals surface area contributed by atoms with Crippen molar-refractivity contribution in [2.45, 2.75) is 0 Å². The molecule has 1 amide bonds. The number of ether oxygens (including phenoxy) is 1. The fourth-order valence-electron chi connectivity index (χ4n) is 1.62. The summed E-state index contributed by atoms with van der Waals surface area (Å²) >= 11 is 0. The van der Waals surface area contributed by atoms with Crippen LogP contribution in [-0.2, 0) is 9.53 Å². The smallest absolute Gasteiger partial charge is 0.259 e. The lowest BCUT2D eigenvalue weighted by atomic mass is 10.1. The van der Waals surface area contributed by atoms with E-state index in [1.165, 1.54) is 0 Å². The van der Waals surface area contributed by atoms with Crippen molar-refractivity contribution in [1.82, 2.24) is 4.90 Å². The first-order valence-electron chi connectivity index (χ1n) is 5.10. The van der Waals surface area contributed by atoms with Crippen LogP contribution < -0.4 is 0 Å². The first kappa shape index (κ1) is 10.7. The van der Waals surface area contributed by atoms with E-state index in [0.717, 1.165) is 6.26 Å². The van der Waals surface area contributed by atoms with Crippen LogP contribution in [0.3, 0.4) is 0 Å². The van der Waals surface area contributed by atoms with Crippen molar-refractivity contribution in [3.63, 3.8) is 0 Å². The van der Waals surface area contributed by atoms with Gasteiger partial charge in [0.25, 0.3) is 5.91 Å². The molecule has 1 aliphatic heterocycles. The molecule has 2 rings (SSSR count). The number of hydrogen-bond acceptors (Lipinski definition) is 3. The van der Waals surface area contributed by atoms with E-state index in [1.54, 1.807) is 17.0 Å². The molecule has 1 saturated heterocycles. The number of aliphatic hydroxyl groups is 1. The Labute approximate surface area is 93.8 Å². The Morgan fingerprint density at radius 2 is 2.12 bits per heavy atom. The van der Waals surface area contributed by atoms with E-state index in [4.69, 9.17) is 9.84 Å². The first-order valence-corrected chi connectivity index (χ1v) is 5.10. The van der Waals surface area contributed by atoms with Gasteiger partial charge < -0.3 is 14.7 Å². The maximum atomic E-state index is 12.0. The lowest BCUT2D eigenvalue weighted by Gasteiger charge is -2.15. The van der Waals surface area contributed by atoms with Crippen LogP contribution in [0, 0.1) is 0 Å². The molecule has 1 fully saturated rings. The van der Waals surface area contributed by atoms with Gasteiger partial charge in [0, 0.05) is 6.54 Å². The lowest BCUT2D eigenvalue weighted by molar-refractivity contribution is -0.125. The van der Waals surface area contributed by atoms with Crippen LogP contribution in [0.5, 0.6) is 0 Å². The first-order chi connectivity index (χ1) is 7.83. The average molecular weight is 219 g/mol. The molecule has 0 bridgehead atoms. The van der Waals surface area contributed by atoms with Crippen molar-refractivity contribution in [2.24, 2.45) is 0 Å². The zero-order chi connectivity index (χ0) is 11.4. The van der Waals surface area contributed by atoms with Crippen molar-refractivity contribution in [1.29, 1.82) is 0 Å². The molecular weight excluding hydrogens is 206 g/mol. The molecule has 84 valence electrons. The maximum Gasteiger partial charge on any atom is 0.259 e. The quantitative estimate of drug-likeness (QED) is 0.604. The summed E-state index contributed by atoms with van der Waals surface area (Å²) in [5, 5.41) is 9.16. The molecule has 0 aliphatic carbocycles. The van der Waals surface area contributed by atoms with Crippen LogP contribution in [0.25, 0.3) is 5.57 Å². The molecule has 1 aromatic rings. The average Bonchev–Trinajstić information content (AvgIpc) is 2.85. The Bertz CT molecular complexity index is 394. The van der Waals surface area contributed by atoms with Gasteiger partial charge >= 0.3 is 0 Å². The maximum absolute atomic E-state index is 12.0. The fraction of sp³-hybridized carbons (Fsp3) is 0.250. The van der Waals surface area contributed by atoms with E-state index >= 15 is 0 Å². The Morgan fingerprint density at radius 1 is 1.38 bits per heavy atom. The van der Waals surface area contributed by atoms with Crippen LogP contribution in [0.2, 0.25) is 0 Å². The Morgan fingerprint density at radius 3 is 2.69 bits per heavy atom. The normalized spacial score (nSPS) is 16.5. The summed E-state index contributed by atoms with van der Waals surface area (Å²) in [5.41, 5.74) is 1.01. The van der Waals surface area contributed by atoms with Crippen LogP contribution in [0.15, 0.2) is 36.6 Å². The van der Waals surface area contributed by atoms with Gasteiger partial charge in [0.1, 0.15) is 6.73 Å². The summed E-state index contributed by atoms with van der Waals surface area (Å²) in [4.78, 5) is 13.6. The predicted molar refractivity (Wildman–Crippen MR) is 59.6 cm³/mol. The van der Waals surface area contributed by atoms with Gasteiger partial charge in [0.05, 0.1) is 18.4 Å². The number of aliphatic hydroxyl groups excluding tert-OH is 1. The predicted octanol–water partition coefficient (Wildman–Crippen LogP) is 1.40. The van der Waals surface area contributed by atoms with Crippen molar-refractivity contribution < 1.29 is 14.6 Å². The van der Waals surface area contributed by atoms with E-state index in [1.807, 2.05) is 18.2 Å². The van der Waals surface area contributed by atoms with Crippen LogP contribution in [0.4, 0.5) is 0 Å². The number of amides is 1. The Balaban J connectivity index is 2.20. The molecule has 0 radical (unpaired) electrons. The van der Waals surface area contributed by atoms with Crippen molar-refractivity contribution in [2.75, 3.05) is 19.9 Å². The summed E-state index contributed by atoms with van der Waals surface area (Å²) in [7, 11) is 0. The number of carbonyl (C=O) groups excluding carboxylic acids is 1. The lowest BCUT2D eigenvalue weighted by Crippen LogP contribution is -2.29. The van der Waals surface area contributed by atoms with Crippen LogP contribution in [-0.4, -0.2) is 35.8 Å². The summed E-state index contributed by atoms with van der Waals surface area (Å²) in [6.45, 7) is 1.42. The summed E-state index contributed by atoms with van der Waals surface area (Å²) in [5.74, 6) is -0.203. The van der Waals surface area contributed by atoms with Gasteiger partial charge in [-0.05, 0) is 5.56 Å². The van der Waals surface area contributed by atoms with E-state index in [9.17, 15) is 4.79 Å². The molecule has 0 atom stereocenters. The highest BCUT2D eigenvalue weighted by molar-refractivity contribution is 6.19. The van der Waals surface area contributed by atoms with Gasteiger partial charge in [0.2, 0.25) is 0 Å². The molecule has 1 aliphatic rings. The molecule has 1 N–H and O–H groups in total. The topological polar surface area (TPSA) is 49.8 Å². The molecule has 4 heteroatoms. The molecule has 16 heavy (non-hydrogen) atoms. The minimum Gasteiger partial charge on any atom is -0.515 e. The molecule has 0 saturated carbocycles. The van der Waals surface area contributed by atoms with E-state index in [0.29, 0.717) is 31.0 Å². The second-order valence-electron chi connectivity index (χ2n) is 3.51. The zero-order valence-electron chi connectivity index (χ0n) is 8.80. The van der Waals surface area contributed by atoms with Gasteiger partial charge in [-0.2, -0.15) is 0 Å². The SMILES string of the molecule is O=C(/C(=C\O)c1ccccc1)N1CCOC1. The second kappa shape index (κ2) is 4.81. The van der Waals surface area contributed by atoms with Gasteiger partial charge in [-0.1, -0.05) is 30.3 Å². The number of benzene rings is 1. The van der Waals surface area contributed by atoms with Gasteiger partial charge in [-0.3, -0.25) is 4.79 Å². The Hall–Kier alpha value is -1.81. The van der Waals surface area contributed by atoms with Crippen LogP contribution in [0.1, 0.15) is 5.56 Å². The van der Waals surface area contributed by atoms with Crippen LogP contribution >= 0.6 is 0 Å². The molecule has 1 aromatic carbocycles. The highest BCUT2D eigenvalue weighted by Gasteiger charge is 2.22. The fourth-order valence-corrected chi connectivity index (χ4v) is 1.62. The number of hydrogen-bond donors (Lipinski definition) is 1. The molecule has 4 nitrogen and oxygen atoms in total. The molecule has 0 unspecified atom stereocenters.